The van der Waals surface area contributed by atoms with E-state index < -0.39 is 0 Å². The Hall–Kier alpha value is -0.790. The molecule has 0 saturated heterocycles. The lowest BCUT2D eigenvalue weighted by atomic mass is 10.0. The van der Waals surface area contributed by atoms with Gasteiger partial charge in [0.15, 0.2) is 0 Å². The third kappa shape index (κ3) is 4.45. The SMILES string of the molecule is CC1C/C=C/CCCCCCNC1=O. The molecule has 0 aromatic heterocycles. The Bertz CT molecular complexity index is 198. The zero-order valence-electron chi connectivity index (χ0n) is 9.09. The van der Waals surface area contributed by atoms with Crippen molar-refractivity contribution in [3.8, 4) is 0 Å². The van der Waals surface area contributed by atoms with E-state index in [4.69, 9.17) is 0 Å². The van der Waals surface area contributed by atoms with Gasteiger partial charge in [-0.3, -0.25) is 4.79 Å². The molecule has 1 unspecified atom stereocenters. The van der Waals surface area contributed by atoms with E-state index in [-0.39, 0.29) is 11.8 Å². The van der Waals surface area contributed by atoms with E-state index in [0.29, 0.717) is 0 Å². The fourth-order valence-corrected chi connectivity index (χ4v) is 1.65. The van der Waals surface area contributed by atoms with Crippen LogP contribution in [0.15, 0.2) is 12.2 Å². The Morgan fingerprint density at radius 2 is 2.00 bits per heavy atom. The van der Waals surface area contributed by atoms with Gasteiger partial charge in [0, 0.05) is 12.5 Å². The summed E-state index contributed by atoms with van der Waals surface area (Å²) in [6.07, 6.45) is 11.4. The van der Waals surface area contributed by atoms with Crippen LogP contribution in [0.5, 0.6) is 0 Å². The molecule has 0 aromatic rings. The van der Waals surface area contributed by atoms with Crippen molar-refractivity contribution < 1.29 is 4.79 Å². The highest BCUT2D eigenvalue weighted by Gasteiger charge is 2.09. The van der Waals surface area contributed by atoms with Gasteiger partial charge in [0.25, 0.3) is 0 Å². The summed E-state index contributed by atoms with van der Waals surface area (Å²) in [6, 6.07) is 0. The van der Waals surface area contributed by atoms with Crippen LogP contribution in [0.3, 0.4) is 0 Å². The van der Waals surface area contributed by atoms with Crippen molar-refractivity contribution in [3.63, 3.8) is 0 Å². The van der Waals surface area contributed by atoms with Crippen molar-refractivity contribution in [2.45, 2.75) is 45.4 Å². The average Bonchev–Trinajstić information content (AvgIpc) is 2.18. The van der Waals surface area contributed by atoms with E-state index in [1.165, 1.54) is 25.7 Å². The normalized spacial score (nSPS) is 28.4. The molecule has 1 rings (SSSR count). The topological polar surface area (TPSA) is 29.1 Å². The van der Waals surface area contributed by atoms with Gasteiger partial charge in [-0.05, 0) is 25.7 Å². The predicted octanol–water partition coefficient (Wildman–Crippen LogP) is 2.65. The van der Waals surface area contributed by atoms with Crippen LogP contribution >= 0.6 is 0 Å². The van der Waals surface area contributed by atoms with Gasteiger partial charge in [0.1, 0.15) is 0 Å². The first-order valence-electron chi connectivity index (χ1n) is 5.73. The van der Waals surface area contributed by atoms with Gasteiger partial charge >= 0.3 is 0 Å². The van der Waals surface area contributed by atoms with Crippen LogP contribution in [0.4, 0.5) is 0 Å². The van der Waals surface area contributed by atoms with Crippen molar-refractivity contribution in [2.24, 2.45) is 5.92 Å². The van der Waals surface area contributed by atoms with Gasteiger partial charge in [-0.15, -0.1) is 0 Å². The number of carbonyl (C=O) groups excluding carboxylic acids is 1. The maximum atomic E-state index is 11.5. The molecule has 0 aromatic carbocycles. The van der Waals surface area contributed by atoms with Gasteiger partial charge in [-0.25, -0.2) is 0 Å². The summed E-state index contributed by atoms with van der Waals surface area (Å²) in [5, 5.41) is 2.98. The number of nitrogens with one attached hydrogen (secondary N) is 1. The van der Waals surface area contributed by atoms with Crippen LogP contribution in [-0.2, 0) is 4.79 Å². The molecule has 2 heteroatoms. The molecule has 1 atom stereocenters. The molecule has 0 aliphatic carbocycles. The predicted molar refractivity (Wildman–Crippen MR) is 59.0 cm³/mol. The molecule has 0 spiro atoms. The molecule has 14 heavy (non-hydrogen) atoms. The van der Waals surface area contributed by atoms with Crippen molar-refractivity contribution in [3.05, 3.63) is 12.2 Å². The Morgan fingerprint density at radius 1 is 1.21 bits per heavy atom. The van der Waals surface area contributed by atoms with E-state index in [9.17, 15) is 4.79 Å². The molecular weight excluding hydrogens is 174 g/mol. The quantitative estimate of drug-likeness (QED) is 0.591. The van der Waals surface area contributed by atoms with E-state index >= 15 is 0 Å². The third-order valence-corrected chi connectivity index (χ3v) is 2.70. The second kappa shape index (κ2) is 6.63. The Morgan fingerprint density at radius 3 is 2.86 bits per heavy atom. The second-order valence-electron chi connectivity index (χ2n) is 4.10. The minimum absolute atomic E-state index is 0.130. The molecule has 1 aliphatic heterocycles. The minimum Gasteiger partial charge on any atom is -0.356 e. The van der Waals surface area contributed by atoms with Crippen molar-refractivity contribution >= 4 is 5.91 Å². The molecule has 1 heterocycles. The summed E-state index contributed by atoms with van der Waals surface area (Å²) in [5.74, 6) is 0.334. The van der Waals surface area contributed by atoms with Crippen molar-refractivity contribution in [1.29, 1.82) is 0 Å². The van der Waals surface area contributed by atoms with Crippen molar-refractivity contribution in [2.75, 3.05) is 6.54 Å². The van der Waals surface area contributed by atoms with Crippen molar-refractivity contribution in [1.82, 2.24) is 5.32 Å². The first-order valence-corrected chi connectivity index (χ1v) is 5.73. The lowest BCUT2D eigenvalue weighted by Gasteiger charge is -2.11. The second-order valence-corrected chi connectivity index (χ2v) is 4.10. The average molecular weight is 195 g/mol. The van der Waals surface area contributed by atoms with Crippen LogP contribution in [0.2, 0.25) is 0 Å². The number of amides is 1. The van der Waals surface area contributed by atoms with Gasteiger partial charge < -0.3 is 5.32 Å². The molecule has 80 valence electrons. The van der Waals surface area contributed by atoms with Crippen LogP contribution in [0, 0.1) is 5.92 Å². The number of hydrogen-bond donors (Lipinski definition) is 1. The standard InChI is InChI=1S/C12H21NO/c1-11-9-7-5-3-2-4-6-8-10-13-12(11)14/h5,7,11H,2-4,6,8-10H2,1H3,(H,13,14)/b7-5+. The highest BCUT2D eigenvalue weighted by Crippen LogP contribution is 2.08. The van der Waals surface area contributed by atoms with E-state index in [2.05, 4.69) is 17.5 Å². The summed E-state index contributed by atoms with van der Waals surface area (Å²) in [6.45, 7) is 2.85. The van der Waals surface area contributed by atoms with Gasteiger partial charge in [0.2, 0.25) is 5.91 Å². The number of allylic oxidation sites excluding steroid dienone is 2. The largest absolute Gasteiger partial charge is 0.356 e. The summed E-state index contributed by atoms with van der Waals surface area (Å²) < 4.78 is 0. The van der Waals surface area contributed by atoms with Gasteiger partial charge in [0.05, 0.1) is 0 Å². The lowest BCUT2D eigenvalue weighted by molar-refractivity contribution is -0.124. The maximum Gasteiger partial charge on any atom is 0.223 e. The maximum absolute atomic E-state index is 11.5. The third-order valence-electron chi connectivity index (χ3n) is 2.70. The molecule has 0 fully saturated rings. The van der Waals surface area contributed by atoms with Gasteiger partial charge in [-0.1, -0.05) is 31.9 Å². The van der Waals surface area contributed by atoms with Crippen LogP contribution in [0.25, 0.3) is 0 Å². The number of hydrogen-bond acceptors (Lipinski definition) is 1. The zero-order chi connectivity index (χ0) is 10.2. The molecule has 0 saturated carbocycles. The highest BCUT2D eigenvalue weighted by atomic mass is 16.1. The monoisotopic (exact) mass is 195 g/mol. The molecule has 1 amide bonds. The fourth-order valence-electron chi connectivity index (χ4n) is 1.65. The van der Waals surface area contributed by atoms with Crippen LogP contribution in [0.1, 0.15) is 45.4 Å². The zero-order valence-corrected chi connectivity index (χ0v) is 9.09. The lowest BCUT2D eigenvalue weighted by Crippen LogP contribution is -2.29. The first-order chi connectivity index (χ1) is 6.80. The molecule has 1 N–H and O–H groups in total. The first kappa shape index (κ1) is 11.3. The number of carbonyl (C=O) groups is 1. The summed E-state index contributed by atoms with van der Waals surface area (Å²) in [7, 11) is 0. The van der Waals surface area contributed by atoms with E-state index in [1.54, 1.807) is 0 Å². The molecule has 0 bridgehead atoms. The number of rotatable bonds is 0. The van der Waals surface area contributed by atoms with Crippen LogP contribution < -0.4 is 5.32 Å². The summed E-state index contributed by atoms with van der Waals surface area (Å²) in [4.78, 5) is 11.5. The molecular formula is C12H21NO. The minimum atomic E-state index is 0.130. The Balaban J connectivity index is 2.38. The van der Waals surface area contributed by atoms with Crippen LogP contribution in [-0.4, -0.2) is 12.5 Å². The molecule has 2 nitrogen and oxygen atoms in total. The molecule has 0 radical (unpaired) electrons. The Kier molecular flexibility index (Phi) is 5.35. The summed E-state index contributed by atoms with van der Waals surface area (Å²) >= 11 is 0. The summed E-state index contributed by atoms with van der Waals surface area (Å²) in [5.41, 5.74) is 0. The van der Waals surface area contributed by atoms with E-state index in [0.717, 1.165) is 19.4 Å². The fraction of sp³-hybridized carbons (Fsp3) is 0.750. The van der Waals surface area contributed by atoms with Gasteiger partial charge in [-0.2, -0.15) is 0 Å². The molecule has 1 aliphatic rings. The highest BCUT2D eigenvalue weighted by molar-refractivity contribution is 5.78. The Labute approximate surface area is 86.8 Å². The smallest absolute Gasteiger partial charge is 0.223 e. The van der Waals surface area contributed by atoms with E-state index in [1.807, 2.05) is 6.92 Å².